The van der Waals surface area contributed by atoms with E-state index >= 15 is 0 Å². The number of carbonyl (C=O) groups excluding carboxylic acids is 2. The summed E-state index contributed by atoms with van der Waals surface area (Å²) in [6, 6.07) is -0.343. The molecule has 1 atom stereocenters. The lowest BCUT2D eigenvalue weighted by Gasteiger charge is -2.25. The van der Waals surface area contributed by atoms with E-state index in [1.54, 1.807) is 0 Å². The van der Waals surface area contributed by atoms with Crippen LogP contribution in [0.2, 0.25) is 0 Å². The van der Waals surface area contributed by atoms with Crippen molar-refractivity contribution < 1.29 is 9.59 Å². The zero-order valence-corrected chi connectivity index (χ0v) is 11.7. The first kappa shape index (κ1) is 16.2. The Morgan fingerprint density at radius 3 is 2.24 bits per heavy atom. The molecule has 2 N–H and O–H groups in total. The van der Waals surface area contributed by atoms with E-state index < -0.39 is 5.41 Å². The molecule has 0 saturated heterocycles. The van der Waals surface area contributed by atoms with E-state index in [2.05, 4.69) is 10.5 Å². The first-order chi connectivity index (χ1) is 7.79. The minimum atomic E-state index is -0.407. The molecule has 0 aliphatic carbocycles. The number of hydrogen-bond donors (Lipinski definition) is 2. The Bertz CT molecular complexity index is 262. The van der Waals surface area contributed by atoms with Gasteiger partial charge in [-0.05, 0) is 25.8 Å². The topological polar surface area (TPSA) is 58.2 Å². The van der Waals surface area contributed by atoms with Crippen LogP contribution in [0.25, 0.3) is 0 Å². The van der Waals surface area contributed by atoms with Gasteiger partial charge in [0.25, 0.3) is 0 Å². The number of hydrogen-bond acceptors (Lipinski definition) is 3. The Kier molecular flexibility index (Phi) is 7.12. The maximum Gasteiger partial charge on any atom is 0.217 e. The fraction of sp³-hybridized carbons (Fsp3) is 0.833. The van der Waals surface area contributed by atoms with Gasteiger partial charge in [0.1, 0.15) is 0 Å². The van der Waals surface area contributed by atoms with E-state index in [1.807, 2.05) is 28.8 Å². The number of unbranched alkanes of at least 4 members (excludes halogenated alkanes) is 1. The van der Waals surface area contributed by atoms with Gasteiger partial charge in [0.2, 0.25) is 5.91 Å². The number of carbonyl (C=O) groups is 2. The molecule has 0 rings (SSSR count). The van der Waals surface area contributed by atoms with E-state index in [0.29, 0.717) is 0 Å². The summed E-state index contributed by atoms with van der Waals surface area (Å²) in [6.45, 7) is 8.06. The molecule has 0 unspecified atom stereocenters. The Hall–Kier alpha value is -0.835. The second-order valence-electron chi connectivity index (χ2n) is 5.47. The van der Waals surface area contributed by atoms with Crippen LogP contribution >= 0.6 is 0 Å². The van der Waals surface area contributed by atoms with E-state index in [4.69, 9.17) is 0 Å². The smallest absolute Gasteiger partial charge is 0.217 e. The van der Waals surface area contributed by atoms with Gasteiger partial charge in [-0.25, -0.2) is 0 Å². The molecular formula is C12H25BN2O2. The van der Waals surface area contributed by atoms with Gasteiger partial charge in [-0.2, -0.15) is 0 Å². The number of amides is 1. The number of nitrogens with one attached hydrogen (secondary N) is 2. The summed E-state index contributed by atoms with van der Waals surface area (Å²) < 4.78 is 0. The Morgan fingerprint density at radius 2 is 1.82 bits per heavy atom. The Morgan fingerprint density at radius 1 is 1.24 bits per heavy atom. The summed E-state index contributed by atoms with van der Waals surface area (Å²) in [5, 5.41) is 5.82. The van der Waals surface area contributed by atoms with Crippen molar-refractivity contribution in [3.63, 3.8) is 0 Å². The maximum atomic E-state index is 12.1. The van der Waals surface area contributed by atoms with Crippen LogP contribution in [0.15, 0.2) is 0 Å². The lowest BCUT2D eigenvalue weighted by atomic mass is 9.84. The molecule has 0 aliphatic rings. The van der Waals surface area contributed by atoms with E-state index in [-0.39, 0.29) is 17.7 Å². The number of Topliss-reactive ketones (excluding diaryl/α,β-unsaturated/α-hetero) is 1. The normalized spacial score (nSPS) is 13.2. The number of ketones is 1. The summed E-state index contributed by atoms with van der Waals surface area (Å²) in [6.07, 6.45) is 2.68. The van der Waals surface area contributed by atoms with Crippen molar-refractivity contribution in [2.24, 2.45) is 5.41 Å². The van der Waals surface area contributed by atoms with Crippen molar-refractivity contribution in [1.82, 2.24) is 10.5 Å². The van der Waals surface area contributed by atoms with E-state index in [0.717, 1.165) is 25.8 Å². The van der Waals surface area contributed by atoms with Gasteiger partial charge in [0, 0.05) is 12.3 Å². The van der Waals surface area contributed by atoms with Gasteiger partial charge >= 0.3 is 0 Å². The van der Waals surface area contributed by atoms with E-state index in [9.17, 15) is 9.59 Å². The summed E-state index contributed by atoms with van der Waals surface area (Å²) in [5.74, 6) is -0.0293. The van der Waals surface area contributed by atoms with Gasteiger partial charge in [-0.15, -0.1) is 0 Å². The fourth-order valence-electron chi connectivity index (χ4n) is 1.69. The van der Waals surface area contributed by atoms with Crippen LogP contribution in [-0.2, 0) is 9.59 Å². The first-order valence-corrected chi connectivity index (χ1v) is 6.25. The average Bonchev–Trinajstić information content (AvgIpc) is 2.19. The van der Waals surface area contributed by atoms with Gasteiger partial charge in [0.05, 0.1) is 6.04 Å². The van der Waals surface area contributed by atoms with Crippen molar-refractivity contribution in [3.05, 3.63) is 0 Å². The molecule has 0 aromatic heterocycles. The van der Waals surface area contributed by atoms with E-state index in [1.165, 1.54) is 6.92 Å². The molecule has 5 heteroatoms. The first-order valence-electron chi connectivity index (χ1n) is 6.25. The highest BCUT2D eigenvalue weighted by Crippen LogP contribution is 2.19. The second-order valence-corrected chi connectivity index (χ2v) is 5.47. The molecule has 0 fully saturated rings. The molecule has 0 heterocycles. The third kappa shape index (κ3) is 7.16. The summed E-state index contributed by atoms with van der Waals surface area (Å²) >= 11 is 0. The minimum Gasteiger partial charge on any atom is -0.362 e. The van der Waals surface area contributed by atoms with Crippen molar-refractivity contribution in [2.45, 2.75) is 53.0 Å². The third-order valence-electron chi connectivity index (χ3n) is 2.60. The third-order valence-corrected chi connectivity index (χ3v) is 2.60. The molecule has 98 valence electrons. The summed E-state index contributed by atoms with van der Waals surface area (Å²) in [5.41, 5.74) is -0.407. The highest BCUT2D eigenvalue weighted by Gasteiger charge is 2.29. The van der Waals surface area contributed by atoms with Crippen molar-refractivity contribution >= 4 is 19.7 Å². The molecule has 0 aliphatic heterocycles. The summed E-state index contributed by atoms with van der Waals surface area (Å²) in [4.78, 5) is 23.2. The largest absolute Gasteiger partial charge is 0.362 e. The average molecular weight is 240 g/mol. The van der Waals surface area contributed by atoms with Crippen LogP contribution in [0.5, 0.6) is 0 Å². The molecule has 4 nitrogen and oxygen atoms in total. The second kappa shape index (κ2) is 7.48. The molecule has 0 saturated carbocycles. The quantitative estimate of drug-likeness (QED) is 0.500. The predicted octanol–water partition coefficient (Wildman–Crippen LogP) is 0.414. The van der Waals surface area contributed by atoms with Crippen molar-refractivity contribution in [2.75, 3.05) is 6.54 Å². The summed E-state index contributed by atoms with van der Waals surface area (Å²) in [7, 11) is 1.91. The van der Waals surface area contributed by atoms with Crippen LogP contribution in [0.4, 0.5) is 0 Å². The van der Waals surface area contributed by atoms with Crippen LogP contribution in [0.1, 0.15) is 47.0 Å². The zero-order chi connectivity index (χ0) is 13.5. The molecule has 17 heavy (non-hydrogen) atoms. The van der Waals surface area contributed by atoms with Crippen LogP contribution in [0, 0.1) is 5.41 Å². The van der Waals surface area contributed by atoms with Crippen LogP contribution in [0.3, 0.4) is 0 Å². The lowest BCUT2D eigenvalue weighted by molar-refractivity contribution is -0.132. The molecule has 0 aromatic carbocycles. The molecule has 1 amide bonds. The predicted molar refractivity (Wildman–Crippen MR) is 72.5 cm³/mol. The highest BCUT2D eigenvalue weighted by molar-refractivity contribution is 6.04. The standard InChI is InChI=1S/C12H25BN2O2/c1-9(16)15-10(7-5-6-8-14-13)11(17)12(2,3)4/h10,14H,5-8,13H2,1-4H3,(H,15,16)/t10-/m1/s1. The van der Waals surface area contributed by atoms with Gasteiger partial charge in [0.15, 0.2) is 13.8 Å². The molecular weight excluding hydrogens is 215 g/mol. The minimum absolute atomic E-state index is 0.108. The monoisotopic (exact) mass is 240 g/mol. The maximum absolute atomic E-state index is 12.1. The van der Waals surface area contributed by atoms with Crippen LogP contribution in [-0.4, -0.2) is 32.3 Å². The molecule has 0 radical (unpaired) electrons. The van der Waals surface area contributed by atoms with Gasteiger partial charge < -0.3 is 10.5 Å². The molecule has 0 bridgehead atoms. The Labute approximate surface area is 105 Å². The number of rotatable bonds is 7. The fourth-order valence-corrected chi connectivity index (χ4v) is 1.69. The van der Waals surface area contributed by atoms with Gasteiger partial charge in [-0.3, -0.25) is 9.59 Å². The lowest BCUT2D eigenvalue weighted by Crippen LogP contribution is -2.44. The van der Waals surface area contributed by atoms with Gasteiger partial charge in [-0.1, -0.05) is 20.8 Å². The van der Waals surface area contributed by atoms with Crippen molar-refractivity contribution in [1.29, 1.82) is 0 Å². The van der Waals surface area contributed by atoms with Crippen molar-refractivity contribution in [3.8, 4) is 0 Å². The zero-order valence-electron chi connectivity index (χ0n) is 11.7. The Balaban J connectivity index is 4.33. The van der Waals surface area contributed by atoms with Crippen LogP contribution < -0.4 is 10.5 Å². The SMILES string of the molecule is BNCCCC[C@@H](NC(C)=O)C(=O)C(C)(C)C. The molecule has 0 aromatic rings. The molecule has 0 spiro atoms. The highest BCUT2D eigenvalue weighted by atomic mass is 16.2.